The van der Waals surface area contributed by atoms with Gasteiger partial charge in [-0.2, -0.15) is 5.10 Å². The average molecular weight is 559 g/mol. The Morgan fingerprint density at radius 3 is 2.50 bits per heavy atom. The minimum atomic E-state index is -0.715. The molecule has 0 aliphatic carbocycles. The number of aliphatic hydroxyl groups is 1. The fourth-order valence-electron chi connectivity index (χ4n) is 4.58. The number of ether oxygens (including phenoxy) is 2. The van der Waals surface area contributed by atoms with Crippen molar-refractivity contribution in [2.75, 3.05) is 11.1 Å². The summed E-state index contributed by atoms with van der Waals surface area (Å²) >= 11 is 1.52. The summed E-state index contributed by atoms with van der Waals surface area (Å²) in [5.74, 6) is 0.246. The highest BCUT2D eigenvalue weighted by molar-refractivity contribution is 7.99. The molecule has 9 nitrogen and oxygen atoms in total. The minimum Gasteiger partial charge on any atom is -0.392 e. The van der Waals surface area contributed by atoms with Crippen LogP contribution >= 0.6 is 11.8 Å². The summed E-state index contributed by atoms with van der Waals surface area (Å²) in [6.45, 7) is 3.55. The summed E-state index contributed by atoms with van der Waals surface area (Å²) in [5, 5.41) is 19.8. The lowest BCUT2D eigenvalue weighted by Gasteiger charge is -2.41. The van der Waals surface area contributed by atoms with Crippen molar-refractivity contribution < 1.29 is 24.2 Å². The highest BCUT2D eigenvalue weighted by Gasteiger charge is 2.38. The van der Waals surface area contributed by atoms with Crippen LogP contribution < -0.4 is 5.32 Å². The largest absolute Gasteiger partial charge is 0.392 e. The Bertz CT molecular complexity index is 1460. The molecule has 10 heteroatoms. The van der Waals surface area contributed by atoms with Gasteiger partial charge >= 0.3 is 0 Å². The van der Waals surface area contributed by atoms with E-state index in [4.69, 9.17) is 9.47 Å². The molecule has 1 aliphatic heterocycles. The molecule has 1 amide bonds. The van der Waals surface area contributed by atoms with E-state index in [0.717, 1.165) is 11.1 Å². The zero-order valence-corrected chi connectivity index (χ0v) is 22.9. The SMILES string of the molecule is CC(=O)c1cccc(NC(=O)c2cccc(C3O[C@H](CSc4ncn[nH]4)[C@H](C)[C@H](c4ccc(CO)cc4)O3)c2)c1. The molecule has 4 atom stereocenters. The quantitative estimate of drug-likeness (QED) is 0.186. The third-order valence-electron chi connectivity index (χ3n) is 6.85. The van der Waals surface area contributed by atoms with Gasteiger partial charge in [0.05, 0.1) is 18.8 Å². The Morgan fingerprint density at radius 1 is 1.00 bits per heavy atom. The number of ketones is 1. The first-order valence-electron chi connectivity index (χ1n) is 12.9. The van der Waals surface area contributed by atoms with Crippen LogP contribution in [0.2, 0.25) is 0 Å². The summed E-state index contributed by atoms with van der Waals surface area (Å²) in [7, 11) is 0. The number of aromatic amines is 1. The van der Waals surface area contributed by atoms with Gasteiger partial charge in [0.15, 0.2) is 17.2 Å². The first-order valence-corrected chi connectivity index (χ1v) is 13.9. The van der Waals surface area contributed by atoms with Gasteiger partial charge in [-0.1, -0.05) is 67.2 Å². The summed E-state index contributed by atoms with van der Waals surface area (Å²) in [4.78, 5) is 29.0. The molecule has 1 saturated heterocycles. The number of amides is 1. The number of rotatable bonds is 9. The zero-order valence-electron chi connectivity index (χ0n) is 22.1. The Kier molecular flexibility index (Phi) is 8.71. The van der Waals surface area contributed by atoms with Gasteiger partial charge in [0.25, 0.3) is 5.91 Å². The van der Waals surface area contributed by atoms with Crippen LogP contribution in [-0.2, 0) is 16.1 Å². The van der Waals surface area contributed by atoms with Crippen molar-refractivity contribution in [2.24, 2.45) is 5.92 Å². The van der Waals surface area contributed by atoms with Crippen LogP contribution in [0.5, 0.6) is 0 Å². The highest BCUT2D eigenvalue weighted by atomic mass is 32.2. The van der Waals surface area contributed by atoms with E-state index in [-0.39, 0.29) is 36.4 Å². The molecular weight excluding hydrogens is 528 g/mol. The smallest absolute Gasteiger partial charge is 0.255 e. The maximum atomic E-state index is 13.1. The van der Waals surface area contributed by atoms with Crippen LogP contribution in [0.3, 0.4) is 0 Å². The molecule has 5 rings (SSSR count). The number of carbonyl (C=O) groups is 2. The Labute approximate surface area is 236 Å². The van der Waals surface area contributed by atoms with Gasteiger partial charge in [-0.05, 0) is 42.3 Å². The fraction of sp³-hybridized carbons (Fsp3) is 0.267. The number of thioether (sulfide) groups is 1. The molecular formula is C30H30N4O5S. The number of hydrogen-bond donors (Lipinski definition) is 3. The minimum absolute atomic E-state index is 0.00619. The van der Waals surface area contributed by atoms with Crippen molar-refractivity contribution in [1.82, 2.24) is 15.2 Å². The van der Waals surface area contributed by atoms with Gasteiger partial charge in [0.2, 0.25) is 0 Å². The molecule has 0 bridgehead atoms. The number of anilines is 1. The van der Waals surface area contributed by atoms with Gasteiger partial charge in [-0.3, -0.25) is 14.7 Å². The van der Waals surface area contributed by atoms with Crippen LogP contribution in [0.1, 0.15) is 63.6 Å². The van der Waals surface area contributed by atoms with Gasteiger partial charge in [0, 0.05) is 34.0 Å². The molecule has 1 unspecified atom stereocenters. The number of aliphatic hydroxyl groups excluding tert-OH is 1. The van der Waals surface area contributed by atoms with Crippen molar-refractivity contribution in [3.63, 3.8) is 0 Å². The Morgan fingerprint density at radius 2 is 1.77 bits per heavy atom. The van der Waals surface area contributed by atoms with E-state index in [9.17, 15) is 14.7 Å². The average Bonchev–Trinajstić information content (AvgIpc) is 3.51. The van der Waals surface area contributed by atoms with Crippen LogP contribution in [0.15, 0.2) is 84.3 Å². The highest BCUT2D eigenvalue weighted by Crippen LogP contribution is 2.43. The number of H-pyrrole nitrogens is 1. The van der Waals surface area contributed by atoms with E-state index < -0.39 is 6.29 Å². The van der Waals surface area contributed by atoms with Crippen molar-refractivity contribution >= 4 is 29.1 Å². The molecule has 4 aromatic rings. The maximum Gasteiger partial charge on any atom is 0.255 e. The third kappa shape index (κ3) is 6.48. The monoisotopic (exact) mass is 558 g/mol. The molecule has 40 heavy (non-hydrogen) atoms. The second kappa shape index (κ2) is 12.6. The molecule has 0 spiro atoms. The lowest BCUT2D eigenvalue weighted by Crippen LogP contribution is -2.38. The topological polar surface area (TPSA) is 126 Å². The lowest BCUT2D eigenvalue weighted by molar-refractivity contribution is -0.268. The van der Waals surface area contributed by atoms with Crippen LogP contribution in [0, 0.1) is 5.92 Å². The number of aromatic nitrogens is 3. The summed E-state index contributed by atoms with van der Waals surface area (Å²) in [6.07, 6.45) is 0.285. The molecule has 3 aromatic carbocycles. The van der Waals surface area contributed by atoms with E-state index in [0.29, 0.717) is 33.3 Å². The standard InChI is InChI=1S/C30H30N4O5S/c1-18-26(16-40-30-31-17-32-34-30)38-29(39-27(18)21-11-9-20(15-35)10-12-21)24-7-3-6-23(13-24)28(37)33-25-8-4-5-22(14-25)19(2)36/h3-14,17-18,26-27,29,35H,15-16H2,1-2H3,(H,33,37)(H,31,32,34)/t18-,26+,27+,29?/m0/s1. The zero-order chi connectivity index (χ0) is 28.1. The van der Waals surface area contributed by atoms with Gasteiger partial charge in [-0.25, -0.2) is 4.98 Å². The summed E-state index contributed by atoms with van der Waals surface area (Å²) in [5.41, 5.74) is 4.02. The van der Waals surface area contributed by atoms with E-state index in [1.807, 2.05) is 30.3 Å². The summed E-state index contributed by atoms with van der Waals surface area (Å²) in [6, 6.07) is 21.7. The third-order valence-corrected chi connectivity index (χ3v) is 7.81. The first-order chi connectivity index (χ1) is 19.4. The molecule has 1 aliphatic rings. The summed E-state index contributed by atoms with van der Waals surface area (Å²) < 4.78 is 13.0. The van der Waals surface area contributed by atoms with Crippen LogP contribution in [0.25, 0.3) is 0 Å². The van der Waals surface area contributed by atoms with Crippen LogP contribution in [0.4, 0.5) is 5.69 Å². The van der Waals surface area contributed by atoms with E-state index in [1.54, 1.807) is 42.5 Å². The molecule has 0 saturated carbocycles. The maximum absolute atomic E-state index is 13.1. The van der Waals surface area contributed by atoms with Gasteiger partial charge < -0.3 is 19.9 Å². The van der Waals surface area contributed by atoms with Crippen molar-refractivity contribution in [1.29, 1.82) is 0 Å². The Hall–Kier alpha value is -3.83. The number of Topliss-reactive ketones (excluding diaryl/α,β-unsaturated/α-hetero) is 1. The number of nitrogens with zero attached hydrogens (tertiary/aromatic N) is 2. The van der Waals surface area contributed by atoms with E-state index in [2.05, 4.69) is 27.4 Å². The fourth-order valence-corrected chi connectivity index (χ4v) is 5.52. The predicted octanol–water partition coefficient (Wildman–Crippen LogP) is 5.34. The number of hydrogen-bond acceptors (Lipinski definition) is 8. The molecule has 206 valence electrons. The second-order valence-corrected chi connectivity index (χ2v) is 10.6. The lowest BCUT2D eigenvalue weighted by atomic mass is 9.91. The van der Waals surface area contributed by atoms with Gasteiger partial charge in [0.1, 0.15) is 6.33 Å². The van der Waals surface area contributed by atoms with Crippen molar-refractivity contribution in [2.45, 2.75) is 44.1 Å². The normalized spacial score (nSPS) is 20.7. The molecule has 1 fully saturated rings. The predicted molar refractivity (Wildman–Crippen MR) is 151 cm³/mol. The molecule has 0 radical (unpaired) electrons. The number of benzene rings is 3. The van der Waals surface area contributed by atoms with Crippen molar-refractivity contribution in [3.8, 4) is 0 Å². The number of nitrogens with one attached hydrogen (secondary N) is 2. The van der Waals surface area contributed by atoms with Gasteiger partial charge in [-0.15, -0.1) is 0 Å². The Balaban J connectivity index is 1.38. The molecule has 3 N–H and O–H groups in total. The number of carbonyl (C=O) groups excluding carboxylic acids is 2. The second-order valence-electron chi connectivity index (χ2n) is 9.64. The van der Waals surface area contributed by atoms with E-state index in [1.165, 1.54) is 25.0 Å². The van der Waals surface area contributed by atoms with Crippen molar-refractivity contribution in [3.05, 3.63) is 107 Å². The first kappa shape index (κ1) is 27.7. The van der Waals surface area contributed by atoms with E-state index >= 15 is 0 Å². The van der Waals surface area contributed by atoms with Crippen LogP contribution in [-0.4, -0.2) is 43.8 Å². The molecule has 1 aromatic heterocycles. The molecule has 2 heterocycles.